The van der Waals surface area contributed by atoms with Crippen molar-refractivity contribution in [3.8, 4) is 17.6 Å². The van der Waals surface area contributed by atoms with Gasteiger partial charge in [0.15, 0.2) is 17.6 Å². The van der Waals surface area contributed by atoms with Crippen molar-refractivity contribution in [3.63, 3.8) is 0 Å². The minimum Gasteiger partial charge on any atom is -0.493 e. The van der Waals surface area contributed by atoms with E-state index in [0.29, 0.717) is 30.2 Å². The summed E-state index contributed by atoms with van der Waals surface area (Å²) in [6.45, 7) is 2.68. The predicted octanol–water partition coefficient (Wildman–Crippen LogP) is 4.56. The maximum absolute atomic E-state index is 13.3. The molecule has 0 heterocycles. The number of nitrogens with zero attached hydrogens (tertiary/aromatic N) is 2. The molecule has 1 atom stereocenters. The van der Waals surface area contributed by atoms with Gasteiger partial charge in [0.1, 0.15) is 0 Å². The molecule has 0 aliphatic rings. The van der Waals surface area contributed by atoms with Crippen LogP contribution in [0.2, 0.25) is 0 Å². The highest BCUT2D eigenvalue weighted by molar-refractivity contribution is 5.81. The Kier molecular flexibility index (Phi) is 7.07. The van der Waals surface area contributed by atoms with E-state index in [1.54, 1.807) is 30.0 Å². The van der Waals surface area contributed by atoms with Crippen LogP contribution in [0.5, 0.6) is 11.5 Å². The summed E-state index contributed by atoms with van der Waals surface area (Å²) < 4.78 is 11.2. The van der Waals surface area contributed by atoms with Crippen LogP contribution in [-0.4, -0.2) is 24.0 Å². The Labute approximate surface area is 177 Å². The molecule has 30 heavy (non-hydrogen) atoms. The summed E-state index contributed by atoms with van der Waals surface area (Å²) >= 11 is 0. The zero-order valence-corrected chi connectivity index (χ0v) is 17.1. The lowest BCUT2D eigenvalue weighted by atomic mass is 10.1. The van der Waals surface area contributed by atoms with Crippen LogP contribution in [0.15, 0.2) is 78.9 Å². The average molecular weight is 400 g/mol. The van der Waals surface area contributed by atoms with E-state index in [2.05, 4.69) is 6.07 Å². The molecule has 0 aromatic heterocycles. The molecule has 0 N–H and O–H groups in total. The molecule has 5 heteroatoms. The van der Waals surface area contributed by atoms with Gasteiger partial charge in [-0.25, -0.2) is 0 Å². The monoisotopic (exact) mass is 400 g/mol. The number of methoxy groups -OCH3 is 1. The Morgan fingerprint density at radius 2 is 1.50 bits per heavy atom. The number of benzene rings is 3. The lowest BCUT2D eigenvalue weighted by Gasteiger charge is -2.27. The first kappa shape index (κ1) is 20.9. The summed E-state index contributed by atoms with van der Waals surface area (Å²) in [4.78, 5) is 15.1. The lowest BCUT2D eigenvalue weighted by molar-refractivity contribution is -0.139. The topological polar surface area (TPSA) is 62.6 Å². The smallest absolute Gasteiger partial charge is 0.263 e. The minimum absolute atomic E-state index is 0.130. The largest absolute Gasteiger partial charge is 0.493 e. The quantitative estimate of drug-likeness (QED) is 0.556. The van der Waals surface area contributed by atoms with Crippen LogP contribution in [0.3, 0.4) is 0 Å². The number of ether oxygens (including phenoxy) is 2. The van der Waals surface area contributed by atoms with Gasteiger partial charge in [0, 0.05) is 19.2 Å². The second-order valence-electron chi connectivity index (χ2n) is 6.90. The maximum atomic E-state index is 13.3. The van der Waals surface area contributed by atoms with Crippen molar-refractivity contribution in [3.05, 3.63) is 95.6 Å². The molecular formula is C25H24N2O3. The molecule has 0 bridgehead atoms. The fourth-order valence-electron chi connectivity index (χ4n) is 3.15. The van der Waals surface area contributed by atoms with E-state index in [0.717, 1.165) is 11.1 Å². The van der Waals surface area contributed by atoms with Gasteiger partial charge in [0.2, 0.25) is 0 Å². The minimum atomic E-state index is -0.723. The van der Waals surface area contributed by atoms with Crippen molar-refractivity contribution in [2.45, 2.75) is 26.1 Å². The van der Waals surface area contributed by atoms with E-state index in [1.807, 2.05) is 60.7 Å². The van der Waals surface area contributed by atoms with E-state index < -0.39 is 6.10 Å². The highest BCUT2D eigenvalue weighted by Gasteiger charge is 2.24. The van der Waals surface area contributed by atoms with Gasteiger partial charge in [-0.2, -0.15) is 5.26 Å². The van der Waals surface area contributed by atoms with Crippen molar-refractivity contribution < 1.29 is 14.3 Å². The zero-order chi connectivity index (χ0) is 21.3. The van der Waals surface area contributed by atoms with Crippen molar-refractivity contribution in [2.75, 3.05) is 7.11 Å². The number of nitriles is 1. The fourth-order valence-corrected chi connectivity index (χ4v) is 3.15. The van der Waals surface area contributed by atoms with Crippen LogP contribution >= 0.6 is 0 Å². The first-order valence-electron chi connectivity index (χ1n) is 9.72. The highest BCUT2D eigenvalue weighted by atomic mass is 16.5. The molecular weight excluding hydrogens is 376 g/mol. The van der Waals surface area contributed by atoms with Gasteiger partial charge < -0.3 is 14.4 Å². The molecule has 0 saturated carbocycles. The molecule has 1 amide bonds. The fraction of sp³-hybridized carbons (Fsp3) is 0.200. The first-order chi connectivity index (χ1) is 14.6. The van der Waals surface area contributed by atoms with E-state index in [4.69, 9.17) is 14.7 Å². The van der Waals surface area contributed by atoms with E-state index in [9.17, 15) is 4.79 Å². The van der Waals surface area contributed by atoms with Gasteiger partial charge in [-0.05, 0) is 30.2 Å². The van der Waals surface area contributed by atoms with Gasteiger partial charge >= 0.3 is 0 Å². The predicted molar refractivity (Wildman–Crippen MR) is 115 cm³/mol. The number of carbonyl (C=O) groups is 1. The second-order valence-corrected chi connectivity index (χ2v) is 6.90. The Hall–Kier alpha value is -3.78. The SMILES string of the molecule is COc1cc(C#N)ccc1O[C@H](C)C(=O)N(Cc1ccccc1)Cc1ccccc1. The number of hydrogen-bond acceptors (Lipinski definition) is 4. The molecule has 0 saturated heterocycles. The zero-order valence-electron chi connectivity index (χ0n) is 17.1. The molecule has 5 nitrogen and oxygen atoms in total. The summed E-state index contributed by atoms with van der Waals surface area (Å²) in [7, 11) is 1.51. The van der Waals surface area contributed by atoms with Crippen molar-refractivity contribution >= 4 is 5.91 Å². The van der Waals surface area contributed by atoms with Crippen LogP contribution in [0.4, 0.5) is 0 Å². The third kappa shape index (κ3) is 5.39. The van der Waals surface area contributed by atoms with Crippen LogP contribution in [0, 0.1) is 11.3 Å². The molecule has 0 aliphatic heterocycles. The van der Waals surface area contributed by atoms with Gasteiger partial charge in [-0.1, -0.05) is 60.7 Å². The lowest BCUT2D eigenvalue weighted by Crippen LogP contribution is -2.39. The Morgan fingerprint density at radius 1 is 0.933 bits per heavy atom. The van der Waals surface area contributed by atoms with Gasteiger partial charge in [-0.3, -0.25) is 4.79 Å². The molecule has 0 unspecified atom stereocenters. The van der Waals surface area contributed by atoms with Crippen LogP contribution < -0.4 is 9.47 Å². The van der Waals surface area contributed by atoms with Gasteiger partial charge in [0.05, 0.1) is 18.7 Å². The number of carbonyl (C=O) groups excluding carboxylic acids is 1. The van der Waals surface area contributed by atoms with Crippen molar-refractivity contribution in [2.24, 2.45) is 0 Å². The normalized spacial score (nSPS) is 11.2. The Bertz CT molecular complexity index is 972. The standard InChI is InChI=1S/C25H24N2O3/c1-19(30-23-14-13-22(16-26)15-24(23)29-2)25(28)27(17-20-9-5-3-6-10-20)18-21-11-7-4-8-12-21/h3-15,19H,17-18H2,1-2H3/t19-/m1/s1. The van der Waals surface area contributed by atoms with Crippen LogP contribution in [0.1, 0.15) is 23.6 Å². The summed E-state index contributed by atoms with van der Waals surface area (Å²) in [5, 5.41) is 9.06. The highest BCUT2D eigenvalue weighted by Crippen LogP contribution is 2.29. The molecule has 3 aromatic rings. The van der Waals surface area contributed by atoms with Crippen LogP contribution in [-0.2, 0) is 17.9 Å². The summed E-state index contributed by atoms with van der Waals surface area (Å²) in [6.07, 6.45) is -0.723. The van der Waals surface area contributed by atoms with Crippen molar-refractivity contribution in [1.29, 1.82) is 5.26 Å². The van der Waals surface area contributed by atoms with E-state index in [1.165, 1.54) is 7.11 Å². The molecule has 0 radical (unpaired) electrons. The van der Waals surface area contributed by atoms with Crippen LogP contribution in [0.25, 0.3) is 0 Å². The van der Waals surface area contributed by atoms with E-state index in [-0.39, 0.29) is 5.91 Å². The first-order valence-corrected chi connectivity index (χ1v) is 9.72. The molecule has 0 spiro atoms. The molecule has 3 rings (SSSR count). The molecule has 3 aromatic carbocycles. The molecule has 0 fully saturated rings. The maximum Gasteiger partial charge on any atom is 0.263 e. The number of hydrogen-bond donors (Lipinski definition) is 0. The van der Waals surface area contributed by atoms with Gasteiger partial charge in [0.25, 0.3) is 5.91 Å². The Morgan fingerprint density at radius 3 is 2.00 bits per heavy atom. The average Bonchev–Trinajstić information content (AvgIpc) is 2.79. The molecule has 152 valence electrons. The summed E-state index contributed by atoms with van der Waals surface area (Å²) in [6, 6.07) is 26.7. The second kappa shape index (κ2) is 10.1. The number of rotatable bonds is 8. The summed E-state index contributed by atoms with van der Waals surface area (Å²) in [5.41, 5.74) is 2.56. The third-order valence-electron chi connectivity index (χ3n) is 4.69. The van der Waals surface area contributed by atoms with Gasteiger partial charge in [-0.15, -0.1) is 0 Å². The number of amides is 1. The third-order valence-corrected chi connectivity index (χ3v) is 4.69. The summed E-state index contributed by atoms with van der Waals surface area (Å²) in [5.74, 6) is 0.720. The Balaban J connectivity index is 1.80. The molecule has 0 aliphatic carbocycles. The van der Waals surface area contributed by atoms with Crippen molar-refractivity contribution in [1.82, 2.24) is 4.90 Å². The van der Waals surface area contributed by atoms with E-state index >= 15 is 0 Å².